The van der Waals surface area contributed by atoms with Gasteiger partial charge in [0.25, 0.3) is 5.91 Å². The molecule has 0 aliphatic heterocycles. The minimum Gasteiger partial charge on any atom is -0.350 e. The largest absolute Gasteiger partial charge is 0.350 e. The summed E-state index contributed by atoms with van der Waals surface area (Å²) in [6, 6.07) is 3.39. The van der Waals surface area contributed by atoms with Crippen LogP contribution in [0.3, 0.4) is 0 Å². The van der Waals surface area contributed by atoms with E-state index in [1.165, 1.54) is 12.1 Å². The summed E-state index contributed by atoms with van der Waals surface area (Å²) in [4.78, 5) is 23.7. The molecule has 0 spiro atoms. The summed E-state index contributed by atoms with van der Waals surface area (Å²) in [6.07, 6.45) is 0. The summed E-state index contributed by atoms with van der Waals surface area (Å²) in [7, 11) is 0. The van der Waals surface area contributed by atoms with Gasteiger partial charge < -0.3 is 10.6 Å². The van der Waals surface area contributed by atoms with E-state index in [0.29, 0.717) is 4.47 Å². The monoisotopic (exact) mass is 344 g/mol. The zero-order chi connectivity index (χ0) is 15.5. The Kier molecular flexibility index (Phi) is 5.28. The molecule has 4 nitrogen and oxygen atoms in total. The molecule has 0 aliphatic rings. The molecule has 0 saturated heterocycles. The zero-order valence-corrected chi connectivity index (χ0v) is 13.5. The van der Waals surface area contributed by atoms with Crippen molar-refractivity contribution < 1.29 is 14.0 Å². The highest BCUT2D eigenvalue weighted by atomic mass is 79.9. The van der Waals surface area contributed by atoms with E-state index >= 15 is 0 Å². The van der Waals surface area contributed by atoms with Crippen LogP contribution in [-0.2, 0) is 4.79 Å². The molecule has 1 atom stereocenters. The third kappa shape index (κ3) is 4.92. The van der Waals surface area contributed by atoms with Crippen LogP contribution in [0.2, 0.25) is 0 Å². The van der Waals surface area contributed by atoms with E-state index in [9.17, 15) is 14.0 Å². The molecule has 1 unspecified atom stereocenters. The molecule has 0 aliphatic carbocycles. The van der Waals surface area contributed by atoms with Crippen molar-refractivity contribution in [3.8, 4) is 0 Å². The van der Waals surface area contributed by atoms with Gasteiger partial charge in [-0.3, -0.25) is 9.59 Å². The number of benzene rings is 1. The standard InChI is InChI=1S/C14H18BrFN2O2/c1-8(12(19)18-14(2,3)4)17-13(20)10-6-5-9(15)7-11(10)16/h5-8H,1-4H3,(H,17,20)(H,18,19). The Bertz CT molecular complexity index is 526. The molecule has 1 aromatic carbocycles. The molecule has 110 valence electrons. The lowest BCUT2D eigenvalue weighted by atomic mass is 10.1. The SMILES string of the molecule is CC(NC(=O)c1ccc(Br)cc1F)C(=O)NC(C)(C)C. The topological polar surface area (TPSA) is 58.2 Å². The van der Waals surface area contributed by atoms with Gasteiger partial charge in [0.2, 0.25) is 5.91 Å². The molecule has 2 N–H and O–H groups in total. The second-order valence-electron chi connectivity index (χ2n) is 5.56. The third-order valence-corrected chi connectivity index (χ3v) is 2.91. The fourth-order valence-electron chi connectivity index (χ4n) is 1.49. The molecule has 20 heavy (non-hydrogen) atoms. The number of rotatable bonds is 3. The van der Waals surface area contributed by atoms with Gasteiger partial charge >= 0.3 is 0 Å². The number of halogens is 2. The van der Waals surface area contributed by atoms with Crippen LogP contribution >= 0.6 is 15.9 Å². The molecule has 0 saturated carbocycles. The fraction of sp³-hybridized carbons (Fsp3) is 0.429. The van der Waals surface area contributed by atoms with E-state index in [0.717, 1.165) is 0 Å². The van der Waals surface area contributed by atoms with Gasteiger partial charge in [0, 0.05) is 10.0 Å². The van der Waals surface area contributed by atoms with Gasteiger partial charge in [0.15, 0.2) is 0 Å². The predicted octanol–water partition coefficient (Wildman–Crippen LogP) is 2.62. The van der Waals surface area contributed by atoms with Crippen molar-refractivity contribution in [3.63, 3.8) is 0 Å². The second-order valence-corrected chi connectivity index (χ2v) is 6.47. The smallest absolute Gasteiger partial charge is 0.254 e. The van der Waals surface area contributed by atoms with Crippen molar-refractivity contribution >= 4 is 27.7 Å². The first kappa shape index (κ1) is 16.6. The Labute approximate surface area is 126 Å². The molecule has 1 rings (SSSR count). The Hall–Kier alpha value is -1.43. The number of amides is 2. The quantitative estimate of drug-likeness (QED) is 0.885. The minimum atomic E-state index is -0.746. The van der Waals surface area contributed by atoms with Crippen molar-refractivity contribution in [3.05, 3.63) is 34.1 Å². The summed E-state index contributed by atoms with van der Waals surface area (Å²) in [5.74, 6) is -1.57. The highest BCUT2D eigenvalue weighted by Gasteiger charge is 2.22. The van der Waals surface area contributed by atoms with E-state index in [4.69, 9.17) is 0 Å². The van der Waals surface area contributed by atoms with Gasteiger partial charge in [-0.05, 0) is 45.9 Å². The van der Waals surface area contributed by atoms with Crippen LogP contribution in [0.4, 0.5) is 4.39 Å². The van der Waals surface area contributed by atoms with Crippen molar-refractivity contribution in [1.82, 2.24) is 10.6 Å². The lowest BCUT2D eigenvalue weighted by Crippen LogP contribution is -2.50. The summed E-state index contributed by atoms with van der Waals surface area (Å²) < 4.78 is 14.2. The predicted molar refractivity (Wildman–Crippen MR) is 78.9 cm³/mol. The molecule has 0 aromatic heterocycles. The van der Waals surface area contributed by atoms with Crippen LogP contribution in [0.5, 0.6) is 0 Å². The van der Waals surface area contributed by atoms with Gasteiger partial charge in [-0.15, -0.1) is 0 Å². The molecule has 0 fully saturated rings. The molecule has 0 bridgehead atoms. The Balaban J connectivity index is 2.73. The first-order chi connectivity index (χ1) is 9.10. The van der Waals surface area contributed by atoms with Crippen LogP contribution < -0.4 is 10.6 Å². The molecule has 0 heterocycles. The Morgan fingerprint density at radius 1 is 1.30 bits per heavy atom. The fourth-order valence-corrected chi connectivity index (χ4v) is 1.82. The molecule has 2 amide bonds. The van der Waals surface area contributed by atoms with Crippen LogP contribution in [0.25, 0.3) is 0 Å². The molecular weight excluding hydrogens is 327 g/mol. The minimum absolute atomic E-state index is 0.0939. The van der Waals surface area contributed by atoms with E-state index in [2.05, 4.69) is 26.6 Å². The van der Waals surface area contributed by atoms with Gasteiger partial charge in [-0.2, -0.15) is 0 Å². The van der Waals surface area contributed by atoms with E-state index in [-0.39, 0.29) is 17.0 Å². The van der Waals surface area contributed by atoms with E-state index < -0.39 is 17.8 Å². The van der Waals surface area contributed by atoms with Gasteiger partial charge in [0.05, 0.1) is 5.56 Å². The maximum absolute atomic E-state index is 13.6. The molecule has 6 heteroatoms. The lowest BCUT2D eigenvalue weighted by molar-refractivity contribution is -0.124. The van der Waals surface area contributed by atoms with Crippen LogP contribution in [-0.4, -0.2) is 23.4 Å². The number of nitrogens with one attached hydrogen (secondary N) is 2. The van der Waals surface area contributed by atoms with Crippen molar-refractivity contribution in [2.75, 3.05) is 0 Å². The first-order valence-corrected chi connectivity index (χ1v) is 6.97. The molecular formula is C14H18BrFN2O2. The summed E-state index contributed by atoms with van der Waals surface area (Å²) in [5.41, 5.74) is -0.484. The normalized spacial score (nSPS) is 12.7. The van der Waals surface area contributed by atoms with E-state index in [1.54, 1.807) is 13.0 Å². The molecule has 1 aromatic rings. The average Bonchev–Trinajstić information content (AvgIpc) is 2.26. The summed E-state index contributed by atoms with van der Waals surface area (Å²) >= 11 is 3.12. The number of hydrogen-bond acceptors (Lipinski definition) is 2. The molecule has 0 radical (unpaired) electrons. The van der Waals surface area contributed by atoms with Crippen molar-refractivity contribution in [2.24, 2.45) is 0 Å². The Morgan fingerprint density at radius 2 is 1.90 bits per heavy atom. The number of hydrogen-bond donors (Lipinski definition) is 2. The number of carbonyl (C=O) groups excluding carboxylic acids is 2. The third-order valence-electron chi connectivity index (χ3n) is 2.41. The maximum atomic E-state index is 13.6. The van der Waals surface area contributed by atoms with Crippen LogP contribution in [0.15, 0.2) is 22.7 Å². The van der Waals surface area contributed by atoms with Gasteiger partial charge in [-0.25, -0.2) is 4.39 Å². The first-order valence-electron chi connectivity index (χ1n) is 6.18. The highest BCUT2D eigenvalue weighted by molar-refractivity contribution is 9.10. The summed E-state index contributed by atoms with van der Waals surface area (Å²) in [6.45, 7) is 7.07. The van der Waals surface area contributed by atoms with Gasteiger partial charge in [0.1, 0.15) is 11.9 Å². The maximum Gasteiger partial charge on any atom is 0.254 e. The summed E-state index contributed by atoms with van der Waals surface area (Å²) in [5, 5.41) is 5.22. The van der Waals surface area contributed by atoms with Crippen LogP contribution in [0, 0.1) is 5.82 Å². The average molecular weight is 345 g/mol. The van der Waals surface area contributed by atoms with Crippen LogP contribution in [0.1, 0.15) is 38.1 Å². The van der Waals surface area contributed by atoms with Gasteiger partial charge in [-0.1, -0.05) is 15.9 Å². The Morgan fingerprint density at radius 3 is 2.40 bits per heavy atom. The van der Waals surface area contributed by atoms with Crippen molar-refractivity contribution in [1.29, 1.82) is 0 Å². The number of carbonyl (C=O) groups is 2. The zero-order valence-electron chi connectivity index (χ0n) is 11.9. The van der Waals surface area contributed by atoms with E-state index in [1.807, 2.05) is 20.8 Å². The van der Waals surface area contributed by atoms with Crippen molar-refractivity contribution in [2.45, 2.75) is 39.3 Å². The lowest BCUT2D eigenvalue weighted by Gasteiger charge is -2.23. The highest BCUT2D eigenvalue weighted by Crippen LogP contribution is 2.15. The second kappa shape index (κ2) is 6.35.